The van der Waals surface area contributed by atoms with Crippen molar-refractivity contribution in [3.63, 3.8) is 0 Å². The highest BCUT2D eigenvalue weighted by molar-refractivity contribution is 8.77. The summed E-state index contributed by atoms with van der Waals surface area (Å²) < 4.78 is 4.74. The van der Waals surface area contributed by atoms with Gasteiger partial charge < -0.3 is 20.5 Å². The predicted octanol–water partition coefficient (Wildman–Crippen LogP) is 4.08. The molecule has 1 aromatic rings. The van der Waals surface area contributed by atoms with Gasteiger partial charge in [-0.2, -0.15) is 0 Å². The normalized spacial score (nSPS) is 15.7. The molecule has 178 valence electrons. The summed E-state index contributed by atoms with van der Waals surface area (Å²) in [5, 5.41) is 15.8. The molecule has 9 heteroatoms. The van der Waals surface area contributed by atoms with Crippen LogP contribution in [0.4, 0.5) is 0 Å². The van der Waals surface area contributed by atoms with E-state index in [2.05, 4.69) is 17.2 Å². The molecule has 0 radical (unpaired) electrons. The molecule has 0 aromatic heterocycles. The summed E-state index contributed by atoms with van der Waals surface area (Å²) in [6.07, 6.45) is 4.59. The van der Waals surface area contributed by atoms with E-state index in [9.17, 15) is 19.5 Å². The lowest BCUT2D eigenvalue weighted by Gasteiger charge is -2.19. The number of unbranched alkanes of at least 4 members (excludes halogenated alkanes) is 1. The number of benzene rings is 1. The number of hydrogen-bond acceptors (Lipinski definition) is 7. The monoisotopic (exact) mass is 482 g/mol. The van der Waals surface area contributed by atoms with Crippen LogP contribution in [0.3, 0.4) is 0 Å². The number of carbonyl (C=O) groups excluding carboxylic acids is 3. The molecule has 2 unspecified atom stereocenters. The first-order valence-corrected chi connectivity index (χ1v) is 13.2. The fraction of sp³-hybridized carbons (Fsp3) is 0.522. The molecular weight excluding hydrogens is 448 g/mol. The Hall–Kier alpha value is -2.13. The molecule has 0 aliphatic carbocycles. The third kappa shape index (κ3) is 9.56. The zero-order chi connectivity index (χ0) is 23.9. The summed E-state index contributed by atoms with van der Waals surface area (Å²) in [6.45, 7) is 7.85. The molecule has 0 spiro atoms. The lowest BCUT2D eigenvalue weighted by atomic mass is 10.1. The molecule has 1 aromatic carbocycles. The van der Waals surface area contributed by atoms with Crippen LogP contribution in [0.5, 0.6) is 5.75 Å². The van der Waals surface area contributed by atoms with E-state index in [0.717, 1.165) is 19.3 Å². The maximum absolute atomic E-state index is 12.4. The van der Waals surface area contributed by atoms with Gasteiger partial charge in [0, 0.05) is 24.0 Å². The van der Waals surface area contributed by atoms with Crippen molar-refractivity contribution in [1.29, 1.82) is 0 Å². The zero-order valence-electron chi connectivity index (χ0n) is 19.0. The lowest BCUT2D eigenvalue weighted by molar-refractivity contribution is -0.142. The van der Waals surface area contributed by atoms with Gasteiger partial charge in [0.15, 0.2) is 6.04 Å². The second-order valence-corrected chi connectivity index (χ2v) is 9.74. The van der Waals surface area contributed by atoms with E-state index in [1.54, 1.807) is 12.1 Å². The number of ether oxygens (including phenoxy) is 1. The van der Waals surface area contributed by atoms with Crippen LogP contribution >= 0.6 is 21.6 Å². The second-order valence-electron chi connectivity index (χ2n) is 6.96. The number of hydrogen-bond donors (Lipinski definition) is 3. The number of phenols is 1. The van der Waals surface area contributed by atoms with E-state index in [0.29, 0.717) is 17.2 Å². The Morgan fingerprint density at radius 2 is 1.97 bits per heavy atom. The number of methoxy groups -OCH3 is 1. The van der Waals surface area contributed by atoms with E-state index in [1.165, 1.54) is 31.4 Å². The number of phenolic OH excluding ortho intramolecular Hbond substituents is 1. The van der Waals surface area contributed by atoms with E-state index >= 15 is 0 Å². The maximum Gasteiger partial charge on any atom is 0.332 e. The quantitative estimate of drug-likeness (QED) is 0.189. The van der Waals surface area contributed by atoms with Crippen LogP contribution in [-0.4, -0.2) is 53.6 Å². The molecule has 3 N–H and O–H groups in total. The molecule has 0 bridgehead atoms. The molecule has 1 heterocycles. The van der Waals surface area contributed by atoms with E-state index in [1.807, 2.05) is 35.4 Å². The van der Waals surface area contributed by atoms with Crippen molar-refractivity contribution in [1.82, 2.24) is 10.6 Å². The maximum atomic E-state index is 12.4. The molecule has 2 atom stereocenters. The van der Waals surface area contributed by atoms with Crippen molar-refractivity contribution in [3.05, 3.63) is 42.0 Å². The van der Waals surface area contributed by atoms with Gasteiger partial charge in [-0.25, -0.2) is 4.79 Å². The Labute approximate surface area is 198 Å². The third-order valence-corrected chi connectivity index (χ3v) is 7.70. The molecule has 1 saturated heterocycles. The largest absolute Gasteiger partial charge is 0.507 e. The number of nitrogens with one attached hydrogen (secondary N) is 2. The van der Waals surface area contributed by atoms with Gasteiger partial charge in [0.1, 0.15) is 5.75 Å². The molecule has 7 nitrogen and oxygen atoms in total. The molecule has 2 rings (SSSR count). The standard InChI is InChI=1S/C21H28N2O5S2.C2H6/c1-14(13-22-18(25)10-6-3-7-15-11-12-29-30-15)19(21(27)28-2)23-20(26)16-8-4-5-9-17(16)24;1-2/h4-5,8-9,15,19,24H,1,3,6-7,10-13H2,2H3,(H,22,25)(H,23,26);1-2H3. The van der Waals surface area contributed by atoms with Crippen molar-refractivity contribution in [2.45, 2.75) is 57.2 Å². The fourth-order valence-corrected chi connectivity index (χ4v) is 5.97. The molecule has 0 saturated carbocycles. The average molecular weight is 483 g/mol. The van der Waals surface area contributed by atoms with Gasteiger partial charge in [-0.3, -0.25) is 9.59 Å². The molecular formula is C23H34N2O5S2. The number of esters is 1. The Morgan fingerprint density at radius 1 is 1.25 bits per heavy atom. The molecule has 1 aliphatic heterocycles. The van der Waals surface area contributed by atoms with Crippen molar-refractivity contribution >= 4 is 39.4 Å². The van der Waals surface area contributed by atoms with Crippen LogP contribution in [0, 0.1) is 0 Å². The van der Waals surface area contributed by atoms with Crippen molar-refractivity contribution in [3.8, 4) is 5.75 Å². The summed E-state index contributed by atoms with van der Waals surface area (Å²) in [6, 6.07) is 4.86. The van der Waals surface area contributed by atoms with Crippen LogP contribution in [0.15, 0.2) is 36.4 Å². The minimum absolute atomic E-state index is 0.0297. The highest BCUT2D eigenvalue weighted by atomic mass is 33.1. The van der Waals surface area contributed by atoms with Gasteiger partial charge in [0.2, 0.25) is 5.91 Å². The zero-order valence-corrected chi connectivity index (χ0v) is 20.7. The van der Waals surface area contributed by atoms with Crippen LogP contribution < -0.4 is 10.6 Å². The van der Waals surface area contributed by atoms with Gasteiger partial charge in [0.05, 0.1) is 12.7 Å². The first kappa shape index (κ1) is 27.9. The van der Waals surface area contributed by atoms with Crippen LogP contribution in [0.25, 0.3) is 0 Å². The molecule has 2 amide bonds. The summed E-state index contributed by atoms with van der Waals surface area (Å²) in [5.41, 5.74) is 0.320. The summed E-state index contributed by atoms with van der Waals surface area (Å²) in [4.78, 5) is 36.6. The van der Waals surface area contributed by atoms with Crippen molar-refractivity contribution in [2.24, 2.45) is 0 Å². The highest BCUT2D eigenvalue weighted by Crippen LogP contribution is 2.39. The minimum atomic E-state index is -1.14. The number of aromatic hydroxyl groups is 1. The van der Waals surface area contributed by atoms with Gasteiger partial charge in [-0.05, 0) is 37.0 Å². The van der Waals surface area contributed by atoms with Gasteiger partial charge in [0.25, 0.3) is 5.91 Å². The summed E-state index contributed by atoms with van der Waals surface area (Å²) in [7, 11) is 5.05. The second kappa shape index (κ2) is 15.6. The number of rotatable bonds is 11. The van der Waals surface area contributed by atoms with Crippen LogP contribution in [0.1, 0.15) is 56.3 Å². The van der Waals surface area contributed by atoms with Crippen molar-refractivity contribution < 1.29 is 24.2 Å². The SMILES string of the molecule is C=C(CNC(=O)CCCCC1CCSS1)C(NC(=O)c1ccccc1O)C(=O)OC.CC. The average Bonchev–Trinajstić information content (AvgIpc) is 3.33. The summed E-state index contributed by atoms with van der Waals surface area (Å²) in [5.74, 6) is -0.462. The smallest absolute Gasteiger partial charge is 0.332 e. The molecule has 1 aliphatic rings. The molecule has 32 heavy (non-hydrogen) atoms. The van der Waals surface area contributed by atoms with Gasteiger partial charge in [-0.15, -0.1) is 0 Å². The van der Waals surface area contributed by atoms with Crippen LogP contribution in [-0.2, 0) is 14.3 Å². The number of carbonyl (C=O) groups is 3. The van der Waals surface area contributed by atoms with Crippen molar-refractivity contribution in [2.75, 3.05) is 19.4 Å². The first-order valence-electron chi connectivity index (χ1n) is 10.8. The molecule has 1 fully saturated rings. The Morgan fingerprint density at radius 3 is 2.59 bits per heavy atom. The lowest BCUT2D eigenvalue weighted by Crippen LogP contribution is -2.45. The van der Waals surface area contributed by atoms with Crippen LogP contribution in [0.2, 0.25) is 0 Å². The number of para-hydroxylation sites is 1. The third-order valence-electron chi connectivity index (χ3n) is 4.69. The fourth-order valence-electron chi connectivity index (χ4n) is 2.94. The Kier molecular flexibility index (Phi) is 13.6. The van der Waals surface area contributed by atoms with E-state index < -0.39 is 17.9 Å². The topological polar surface area (TPSA) is 105 Å². The Bertz CT molecular complexity index is 767. The number of amides is 2. The predicted molar refractivity (Wildman–Crippen MR) is 132 cm³/mol. The first-order chi connectivity index (χ1) is 15.4. The minimum Gasteiger partial charge on any atom is -0.507 e. The van der Waals surface area contributed by atoms with Gasteiger partial charge in [-0.1, -0.05) is 60.6 Å². The van der Waals surface area contributed by atoms with E-state index in [-0.39, 0.29) is 23.8 Å². The van der Waals surface area contributed by atoms with Gasteiger partial charge >= 0.3 is 5.97 Å². The highest BCUT2D eigenvalue weighted by Gasteiger charge is 2.26. The summed E-state index contributed by atoms with van der Waals surface area (Å²) >= 11 is 0. The Balaban J connectivity index is 0.00000249. The van der Waals surface area contributed by atoms with E-state index in [4.69, 9.17) is 4.74 Å².